The van der Waals surface area contributed by atoms with E-state index >= 15 is 0 Å². The lowest BCUT2D eigenvalue weighted by atomic mass is 9.88. The van der Waals surface area contributed by atoms with Gasteiger partial charge in [0.1, 0.15) is 0 Å². The van der Waals surface area contributed by atoms with Gasteiger partial charge in [0.2, 0.25) is 0 Å². The van der Waals surface area contributed by atoms with Crippen LogP contribution in [0.1, 0.15) is 0 Å². The van der Waals surface area contributed by atoms with Crippen molar-refractivity contribution in [1.29, 1.82) is 0 Å². The summed E-state index contributed by atoms with van der Waals surface area (Å²) in [5.41, 5.74) is 12.1. The van der Waals surface area contributed by atoms with Gasteiger partial charge in [0.25, 0.3) is 0 Å². The zero-order valence-corrected chi connectivity index (χ0v) is 26.2. The average molecular weight is 614 g/mol. The minimum atomic E-state index is 0.634. The summed E-state index contributed by atoms with van der Waals surface area (Å²) >= 11 is 0. The predicted octanol–water partition coefficient (Wildman–Crippen LogP) is 11.5. The molecule has 3 heteroatoms. The van der Waals surface area contributed by atoms with Crippen LogP contribution >= 0.6 is 0 Å². The molecular weight excluding hydrogens is 583 g/mol. The molecule has 226 valence electrons. The third-order valence-electron chi connectivity index (χ3n) is 8.52. The molecule has 0 atom stereocenters. The number of rotatable bonds is 7. The molecule has 0 aliphatic heterocycles. The Hall–Kier alpha value is -6.45. The second-order valence-corrected chi connectivity index (χ2v) is 11.7. The van der Waals surface area contributed by atoms with Crippen molar-refractivity contribution in [3.8, 4) is 78.7 Å². The summed E-state index contributed by atoms with van der Waals surface area (Å²) in [5.74, 6) is 1.93. The molecule has 1 heterocycles. The number of hydrogen-bond acceptors (Lipinski definition) is 3. The monoisotopic (exact) mass is 613 g/mol. The van der Waals surface area contributed by atoms with Crippen LogP contribution < -0.4 is 0 Å². The molecular formula is C45H31N3. The van der Waals surface area contributed by atoms with Gasteiger partial charge in [-0.05, 0) is 68.8 Å². The lowest BCUT2D eigenvalue weighted by Crippen LogP contribution is -2.00. The summed E-state index contributed by atoms with van der Waals surface area (Å²) in [6.07, 6.45) is 0. The van der Waals surface area contributed by atoms with E-state index in [1.165, 1.54) is 22.3 Å². The molecule has 0 amide bonds. The molecule has 0 N–H and O–H groups in total. The van der Waals surface area contributed by atoms with Gasteiger partial charge in [-0.25, -0.2) is 15.0 Å². The molecule has 0 fully saturated rings. The minimum Gasteiger partial charge on any atom is -0.208 e. The molecule has 0 aliphatic carbocycles. The zero-order valence-electron chi connectivity index (χ0n) is 26.2. The highest BCUT2D eigenvalue weighted by molar-refractivity contribution is 5.90. The van der Waals surface area contributed by atoms with Crippen LogP contribution in [0.4, 0.5) is 0 Å². The number of benzene rings is 7. The van der Waals surface area contributed by atoms with Gasteiger partial charge in [-0.3, -0.25) is 0 Å². The van der Waals surface area contributed by atoms with Crippen molar-refractivity contribution >= 4 is 0 Å². The lowest BCUT2D eigenvalue weighted by Gasteiger charge is -2.16. The summed E-state index contributed by atoms with van der Waals surface area (Å²) in [5, 5.41) is 0. The van der Waals surface area contributed by atoms with Gasteiger partial charge in [-0.15, -0.1) is 0 Å². The van der Waals surface area contributed by atoms with Crippen LogP contribution in [0.2, 0.25) is 0 Å². The highest BCUT2D eigenvalue weighted by atomic mass is 15.0. The molecule has 3 nitrogen and oxygen atoms in total. The highest BCUT2D eigenvalue weighted by Crippen LogP contribution is 2.39. The average Bonchev–Trinajstić information content (AvgIpc) is 3.19. The second kappa shape index (κ2) is 13.1. The summed E-state index contributed by atoms with van der Waals surface area (Å²) in [7, 11) is 0. The Labute approximate surface area is 280 Å². The van der Waals surface area contributed by atoms with E-state index in [1.807, 2.05) is 60.7 Å². The zero-order chi connectivity index (χ0) is 32.1. The normalized spacial score (nSPS) is 10.9. The van der Waals surface area contributed by atoms with Crippen LogP contribution in [-0.2, 0) is 0 Å². The first-order chi connectivity index (χ1) is 23.8. The first-order valence-electron chi connectivity index (χ1n) is 16.1. The fourth-order valence-electron chi connectivity index (χ4n) is 6.11. The summed E-state index contributed by atoms with van der Waals surface area (Å²) in [4.78, 5) is 14.9. The van der Waals surface area contributed by atoms with Crippen LogP contribution in [0.25, 0.3) is 78.7 Å². The van der Waals surface area contributed by atoms with E-state index in [1.54, 1.807) is 0 Å². The van der Waals surface area contributed by atoms with Gasteiger partial charge in [0.15, 0.2) is 17.5 Å². The number of nitrogens with zero attached hydrogens (tertiary/aromatic N) is 3. The van der Waals surface area contributed by atoms with Crippen LogP contribution in [0.15, 0.2) is 188 Å². The Morgan fingerprint density at radius 1 is 0.208 bits per heavy atom. The van der Waals surface area contributed by atoms with Gasteiger partial charge in [0, 0.05) is 16.7 Å². The summed E-state index contributed by atoms with van der Waals surface area (Å²) in [6.45, 7) is 0. The Kier molecular flexibility index (Phi) is 7.92. The van der Waals surface area contributed by atoms with E-state index in [9.17, 15) is 0 Å². The maximum absolute atomic E-state index is 5.02. The van der Waals surface area contributed by atoms with E-state index in [2.05, 4.69) is 127 Å². The maximum atomic E-state index is 5.02. The van der Waals surface area contributed by atoms with Crippen molar-refractivity contribution in [1.82, 2.24) is 15.0 Å². The SMILES string of the molecule is c1ccc(-c2cc(-c3ccccc3)cc(-c3ccc(-c4nc(-c5ccccc5)nc(-c5ccccc5)n4)cc3-c3ccccc3)c2)cc1. The molecule has 0 spiro atoms. The first-order valence-corrected chi connectivity index (χ1v) is 16.1. The van der Waals surface area contributed by atoms with Crippen molar-refractivity contribution in [3.05, 3.63) is 188 Å². The van der Waals surface area contributed by atoms with Gasteiger partial charge in [0.05, 0.1) is 0 Å². The molecule has 7 aromatic carbocycles. The van der Waals surface area contributed by atoms with E-state index in [4.69, 9.17) is 15.0 Å². The number of hydrogen-bond donors (Lipinski definition) is 0. The lowest BCUT2D eigenvalue weighted by molar-refractivity contribution is 1.07. The number of aromatic nitrogens is 3. The van der Waals surface area contributed by atoms with Gasteiger partial charge in [-0.1, -0.05) is 164 Å². The maximum Gasteiger partial charge on any atom is 0.164 e. The Morgan fingerprint density at radius 2 is 0.562 bits per heavy atom. The fraction of sp³-hybridized carbons (Fsp3) is 0. The van der Waals surface area contributed by atoms with Crippen molar-refractivity contribution in [2.75, 3.05) is 0 Å². The Morgan fingerprint density at radius 3 is 1.00 bits per heavy atom. The third-order valence-corrected chi connectivity index (χ3v) is 8.52. The van der Waals surface area contributed by atoms with E-state index in [0.717, 1.165) is 38.9 Å². The van der Waals surface area contributed by atoms with Crippen LogP contribution in [0, 0.1) is 0 Å². The molecule has 48 heavy (non-hydrogen) atoms. The van der Waals surface area contributed by atoms with E-state index in [-0.39, 0.29) is 0 Å². The molecule has 0 unspecified atom stereocenters. The highest BCUT2D eigenvalue weighted by Gasteiger charge is 2.16. The van der Waals surface area contributed by atoms with E-state index in [0.29, 0.717) is 17.5 Å². The first kappa shape index (κ1) is 29.0. The second-order valence-electron chi connectivity index (χ2n) is 11.7. The molecule has 0 radical (unpaired) electrons. The smallest absolute Gasteiger partial charge is 0.164 e. The molecule has 0 saturated heterocycles. The summed E-state index contributed by atoms with van der Waals surface area (Å²) < 4.78 is 0. The molecule has 1 aromatic heterocycles. The van der Waals surface area contributed by atoms with Crippen molar-refractivity contribution in [3.63, 3.8) is 0 Å². The predicted molar refractivity (Wildman–Crippen MR) is 198 cm³/mol. The molecule has 8 aromatic rings. The third kappa shape index (κ3) is 6.05. The van der Waals surface area contributed by atoms with Crippen molar-refractivity contribution in [2.45, 2.75) is 0 Å². The molecule has 8 rings (SSSR count). The van der Waals surface area contributed by atoms with Gasteiger partial charge in [-0.2, -0.15) is 0 Å². The summed E-state index contributed by atoms with van der Waals surface area (Å²) in [6, 6.07) is 65.4. The molecule has 0 saturated carbocycles. The molecule has 0 bridgehead atoms. The Balaban J connectivity index is 1.33. The quantitative estimate of drug-likeness (QED) is 0.179. The molecule has 0 aliphatic rings. The largest absolute Gasteiger partial charge is 0.208 e. The topological polar surface area (TPSA) is 38.7 Å². The van der Waals surface area contributed by atoms with Crippen LogP contribution in [0.5, 0.6) is 0 Å². The van der Waals surface area contributed by atoms with E-state index < -0.39 is 0 Å². The van der Waals surface area contributed by atoms with Gasteiger partial charge >= 0.3 is 0 Å². The minimum absolute atomic E-state index is 0.634. The fourth-order valence-corrected chi connectivity index (χ4v) is 6.11. The van der Waals surface area contributed by atoms with Crippen molar-refractivity contribution < 1.29 is 0 Å². The van der Waals surface area contributed by atoms with Crippen LogP contribution in [-0.4, -0.2) is 15.0 Å². The van der Waals surface area contributed by atoms with Gasteiger partial charge < -0.3 is 0 Å². The van der Waals surface area contributed by atoms with Crippen LogP contribution in [0.3, 0.4) is 0 Å². The Bertz CT molecular complexity index is 2190. The standard InChI is InChI=1S/C45H31N3/c1-6-16-32(17-7-1)38-28-39(33-18-8-2-9-19-33)30-40(29-38)41-27-26-37(31-42(41)34-20-10-3-11-21-34)45-47-43(35-22-12-4-13-23-35)46-44(48-45)36-24-14-5-15-25-36/h1-31H. The van der Waals surface area contributed by atoms with Crippen molar-refractivity contribution in [2.24, 2.45) is 0 Å².